The van der Waals surface area contributed by atoms with E-state index in [-0.39, 0.29) is 16.2 Å². The first-order valence-corrected chi connectivity index (χ1v) is 3.83. The van der Waals surface area contributed by atoms with Crippen LogP contribution in [0.4, 0.5) is 4.39 Å². The van der Waals surface area contributed by atoms with Crippen molar-refractivity contribution in [3.63, 3.8) is 0 Å². The normalized spacial score (nSPS) is 9.92. The molecule has 0 aliphatic heterocycles. The van der Waals surface area contributed by atoms with Gasteiger partial charge in [-0.1, -0.05) is 11.6 Å². The first kappa shape index (κ1) is 10.3. The molecule has 6 heteroatoms. The number of benzene rings is 1. The lowest BCUT2D eigenvalue weighted by atomic mass is 9.80. The first-order valence-electron chi connectivity index (χ1n) is 3.45. The summed E-state index contributed by atoms with van der Waals surface area (Å²) in [5.41, 5.74) is -0.00116. The number of hydrogen-bond donors (Lipinski definition) is 2. The van der Waals surface area contributed by atoms with Crippen LogP contribution in [0.3, 0.4) is 0 Å². The van der Waals surface area contributed by atoms with E-state index < -0.39 is 12.9 Å². The molecular formula is C7H7BClFO3. The zero-order chi connectivity index (χ0) is 10.0. The minimum atomic E-state index is -1.74. The van der Waals surface area contributed by atoms with Gasteiger partial charge in [0.15, 0.2) is 0 Å². The molecule has 0 spiro atoms. The largest absolute Gasteiger partial charge is 0.495 e. The Morgan fingerprint density at radius 2 is 2.08 bits per heavy atom. The van der Waals surface area contributed by atoms with Crippen LogP contribution in [-0.4, -0.2) is 24.3 Å². The maximum atomic E-state index is 13.0. The van der Waals surface area contributed by atoms with Crippen molar-refractivity contribution < 1.29 is 19.2 Å². The Kier molecular flexibility index (Phi) is 3.14. The highest BCUT2D eigenvalue weighted by atomic mass is 35.5. The van der Waals surface area contributed by atoms with Gasteiger partial charge in [-0.25, -0.2) is 4.39 Å². The molecule has 1 aromatic carbocycles. The van der Waals surface area contributed by atoms with E-state index in [0.29, 0.717) is 0 Å². The Balaban J connectivity index is 3.22. The highest BCUT2D eigenvalue weighted by Crippen LogP contribution is 2.25. The molecule has 0 aromatic heterocycles. The summed E-state index contributed by atoms with van der Waals surface area (Å²) in [5, 5.41) is 17.3. The third-order valence-electron chi connectivity index (χ3n) is 1.54. The first-order chi connectivity index (χ1) is 6.06. The van der Waals surface area contributed by atoms with Gasteiger partial charge in [0.05, 0.1) is 7.11 Å². The summed E-state index contributed by atoms with van der Waals surface area (Å²) in [5.74, 6) is -0.672. The minimum Gasteiger partial charge on any atom is -0.495 e. The molecule has 0 aliphatic rings. The van der Waals surface area contributed by atoms with Gasteiger partial charge in [-0.15, -0.1) is 0 Å². The Morgan fingerprint density at radius 1 is 1.46 bits per heavy atom. The molecule has 0 unspecified atom stereocenters. The zero-order valence-electron chi connectivity index (χ0n) is 6.79. The van der Waals surface area contributed by atoms with E-state index in [9.17, 15) is 4.39 Å². The molecule has 0 amide bonds. The average molecular weight is 204 g/mol. The van der Waals surface area contributed by atoms with Gasteiger partial charge in [-0.3, -0.25) is 0 Å². The van der Waals surface area contributed by atoms with Gasteiger partial charge in [0.2, 0.25) is 0 Å². The predicted octanol–water partition coefficient (Wildman–Crippen LogP) is 0.167. The van der Waals surface area contributed by atoms with Gasteiger partial charge in [0.1, 0.15) is 16.6 Å². The van der Waals surface area contributed by atoms with Crippen molar-refractivity contribution in [2.45, 2.75) is 0 Å². The van der Waals surface area contributed by atoms with Crippen molar-refractivity contribution >= 4 is 24.2 Å². The van der Waals surface area contributed by atoms with Crippen LogP contribution in [0.2, 0.25) is 5.02 Å². The quantitative estimate of drug-likeness (QED) is 0.675. The Hall–Kier alpha value is -0.775. The van der Waals surface area contributed by atoms with Gasteiger partial charge in [0, 0.05) is 0 Å². The number of hydrogen-bond acceptors (Lipinski definition) is 3. The molecule has 13 heavy (non-hydrogen) atoms. The maximum absolute atomic E-state index is 13.0. The van der Waals surface area contributed by atoms with Crippen LogP contribution < -0.4 is 10.2 Å². The van der Waals surface area contributed by atoms with Crippen molar-refractivity contribution in [1.82, 2.24) is 0 Å². The summed E-state index contributed by atoms with van der Waals surface area (Å²) >= 11 is 5.51. The third-order valence-corrected chi connectivity index (χ3v) is 1.90. The Bertz CT molecular complexity index is 319. The van der Waals surface area contributed by atoms with Crippen LogP contribution in [0.5, 0.6) is 5.75 Å². The Labute approximate surface area is 79.9 Å². The molecule has 0 bridgehead atoms. The summed E-state index contributed by atoms with van der Waals surface area (Å²) in [4.78, 5) is 0. The molecule has 3 nitrogen and oxygen atoms in total. The molecule has 70 valence electrons. The second kappa shape index (κ2) is 3.96. The highest BCUT2D eigenvalue weighted by Gasteiger charge is 2.16. The molecule has 1 rings (SSSR count). The standard InChI is InChI=1S/C7H7BClFO3/c1-13-6-3-4(8(11)12)2-5(10)7(6)9/h2-3,11-12H,1H3. The van der Waals surface area contributed by atoms with Crippen LogP contribution >= 0.6 is 11.6 Å². The fourth-order valence-corrected chi connectivity index (χ4v) is 1.07. The number of halogens is 2. The number of rotatable bonds is 2. The lowest BCUT2D eigenvalue weighted by Gasteiger charge is -2.06. The molecule has 0 saturated carbocycles. The molecule has 2 N–H and O–H groups in total. The molecule has 0 radical (unpaired) electrons. The highest BCUT2D eigenvalue weighted by molar-refractivity contribution is 6.58. The lowest BCUT2D eigenvalue weighted by molar-refractivity contribution is 0.408. The van der Waals surface area contributed by atoms with E-state index in [0.717, 1.165) is 6.07 Å². The van der Waals surface area contributed by atoms with Crippen molar-refractivity contribution in [1.29, 1.82) is 0 Å². The fraction of sp³-hybridized carbons (Fsp3) is 0.143. The second-order valence-electron chi connectivity index (χ2n) is 2.39. The third kappa shape index (κ3) is 2.12. The van der Waals surface area contributed by atoms with E-state index in [1.807, 2.05) is 0 Å². The van der Waals surface area contributed by atoms with Crippen molar-refractivity contribution in [2.75, 3.05) is 7.11 Å². The number of methoxy groups -OCH3 is 1. The van der Waals surface area contributed by atoms with E-state index in [2.05, 4.69) is 0 Å². The molecule has 0 fully saturated rings. The second-order valence-corrected chi connectivity index (χ2v) is 2.77. The molecular weight excluding hydrogens is 197 g/mol. The molecule has 0 aliphatic carbocycles. The van der Waals surface area contributed by atoms with Gasteiger partial charge < -0.3 is 14.8 Å². The van der Waals surface area contributed by atoms with Crippen molar-refractivity contribution in [3.8, 4) is 5.75 Å². The van der Waals surface area contributed by atoms with Gasteiger partial charge >= 0.3 is 7.12 Å². The summed E-state index contributed by atoms with van der Waals surface area (Å²) in [6.07, 6.45) is 0. The van der Waals surface area contributed by atoms with Gasteiger partial charge in [-0.05, 0) is 17.6 Å². The maximum Gasteiger partial charge on any atom is 0.488 e. The molecule has 0 saturated heterocycles. The van der Waals surface area contributed by atoms with Crippen LogP contribution in [0, 0.1) is 5.82 Å². The van der Waals surface area contributed by atoms with Crippen molar-refractivity contribution in [3.05, 3.63) is 23.0 Å². The topological polar surface area (TPSA) is 49.7 Å². The SMILES string of the molecule is COc1cc(B(O)O)cc(F)c1Cl. The monoisotopic (exact) mass is 204 g/mol. The summed E-state index contributed by atoms with van der Waals surface area (Å²) in [7, 11) is -0.422. The van der Waals surface area contributed by atoms with E-state index >= 15 is 0 Å². The lowest BCUT2D eigenvalue weighted by Crippen LogP contribution is -2.30. The minimum absolute atomic E-state index is 0.00116. The summed E-state index contributed by atoms with van der Waals surface area (Å²) in [6.45, 7) is 0. The zero-order valence-corrected chi connectivity index (χ0v) is 7.55. The average Bonchev–Trinajstić information content (AvgIpc) is 2.09. The van der Waals surface area contributed by atoms with Crippen LogP contribution in [0.1, 0.15) is 0 Å². The van der Waals surface area contributed by atoms with Gasteiger partial charge in [-0.2, -0.15) is 0 Å². The van der Waals surface area contributed by atoms with Crippen LogP contribution in [0.15, 0.2) is 12.1 Å². The molecule has 0 heterocycles. The molecule has 0 atom stereocenters. The van der Waals surface area contributed by atoms with E-state index in [1.165, 1.54) is 13.2 Å². The molecule has 1 aromatic rings. The predicted molar refractivity (Wildman–Crippen MR) is 47.8 cm³/mol. The summed E-state index contributed by atoms with van der Waals surface area (Å²) < 4.78 is 17.7. The van der Waals surface area contributed by atoms with E-state index in [1.54, 1.807) is 0 Å². The van der Waals surface area contributed by atoms with Crippen LogP contribution in [-0.2, 0) is 0 Å². The fourth-order valence-electron chi connectivity index (χ4n) is 0.881. The smallest absolute Gasteiger partial charge is 0.488 e. The van der Waals surface area contributed by atoms with Gasteiger partial charge in [0.25, 0.3) is 0 Å². The van der Waals surface area contributed by atoms with E-state index in [4.69, 9.17) is 26.4 Å². The summed E-state index contributed by atoms with van der Waals surface area (Å²) in [6, 6.07) is 2.20. The van der Waals surface area contributed by atoms with Crippen molar-refractivity contribution in [2.24, 2.45) is 0 Å². The van der Waals surface area contributed by atoms with Crippen LogP contribution in [0.25, 0.3) is 0 Å². The Morgan fingerprint density at radius 3 is 2.54 bits per heavy atom. The number of ether oxygens (including phenoxy) is 1.